The molecule has 0 heterocycles. The molecule has 3 nitrogen and oxygen atoms in total. The fourth-order valence-corrected chi connectivity index (χ4v) is 1.32. The van der Waals surface area contributed by atoms with Gasteiger partial charge < -0.3 is 9.84 Å². The van der Waals surface area contributed by atoms with E-state index in [1.54, 1.807) is 0 Å². The Kier molecular flexibility index (Phi) is 8.02. The van der Waals surface area contributed by atoms with Gasteiger partial charge in [-0.2, -0.15) is 65.9 Å². The molecule has 0 bridgehead atoms. The molecule has 0 aromatic carbocycles. The topological polar surface area (TPSA) is 38.7 Å². The maximum Gasteiger partial charge on any atom is 0.460 e. The molecule has 0 unspecified atom stereocenters. The van der Waals surface area contributed by atoms with Gasteiger partial charge in [-0.15, -0.1) is 0 Å². The van der Waals surface area contributed by atoms with Crippen LogP contribution in [0.3, 0.4) is 0 Å². The Labute approximate surface area is 154 Å². The molecule has 19 heteroatoms. The van der Waals surface area contributed by atoms with Crippen molar-refractivity contribution < 1.29 is 84.8 Å². The van der Waals surface area contributed by atoms with Gasteiger partial charge in [0.05, 0.1) is 13.2 Å². The van der Waals surface area contributed by atoms with Crippen LogP contribution in [-0.2, 0) is 9.47 Å². The van der Waals surface area contributed by atoms with E-state index in [1.807, 2.05) is 0 Å². The van der Waals surface area contributed by atoms with Crippen molar-refractivity contribution in [1.82, 2.24) is 0 Å². The van der Waals surface area contributed by atoms with Crippen LogP contribution in [0.4, 0.5) is 70.2 Å². The minimum atomic E-state index is -7.97. The first-order valence-electron chi connectivity index (χ1n) is 6.77. The van der Waals surface area contributed by atoms with Crippen molar-refractivity contribution in [1.29, 1.82) is 0 Å². The maximum absolute atomic E-state index is 13.2. The van der Waals surface area contributed by atoms with Crippen LogP contribution < -0.4 is 0 Å². The standard InChI is InChI=1S/C11H8F16O3/c12-4(1-28)2-29-3-5(13,14)6(15,16)10(24,25)30-11(26,27)8(19,20)7(17,18)9(21,22)23/h4,28H,1-3H2/t4-/m0/s1. The van der Waals surface area contributed by atoms with Gasteiger partial charge in [-0.05, 0) is 0 Å². The van der Waals surface area contributed by atoms with E-state index in [-0.39, 0.29) is 0 Å². The third kappa shape index (κ3) is 5.14. The van der Waals surface area contributed by atoms with Gasteiger partial charge in [0.15, 0.2) is 0 Å². The third-order valence-corrected chi connectivity index (χ3v) is 2.98. The van der Waals surface area contributed by atoms with Crippen LogP contribution in [0.25, 0.3) is 0 Å². The van der Waals surface area contributed by atoms with E-state index in [0.717, 1.165) is 0 Å². The van der Waals surface area contributed by atoms with E-state index in [0.29, 0.717) is 0 Å². The number of ether oxygens (including phenoxy) is 2. The van der Waals surface area contributed by atoms with Gasteiger partial charge >= 0.3 is 42.1 Å². The first kappa shape index (κ1) is 28.8. The molecule has 182 valence electrons. The maximum atomic E-state index is 13.2. The fraction of sp³-hybridized carbons (Fsp3) is 1.00. The number of hydrogen-bond acceptors (Lipinski definition) is 3. The lowest BCUT2D eigenvalue weighted by atomic mass is 10.1. The van der Waals surface area contributed by atoms with Crippen molar-refractivity contribution in [3.63, 3.8) is 0 Å². The summed E-state index contributed by atoms with van der Waals surface area (Å²) in [4.78, 5) is 0. The summed E-state index contributed by atoms with van der Waals surface area (Å²) in [7, 11) is 0. The zero-order valence-electron chi connectivity index (χ0n) is 13.5. The Bertz CT molecular complexity index is 571. The number of aliphatic hydroxyl groups excluding tert-OH is 1. The van der Waals surface area contributed by atoms with Crippen molar-refractivity contribution in [3.8, 4) is 0 Å². The molecule has 0 aromatic heterocycles. The van der Waals surface area contributed by atoms with E-state index in [4.69, 9.17) is 5.11 Å². The summed E-state index contributed by atoms with van der Waals surface area (Å²) in [6, 6.07) is 0. The number of hydrogen-bond donors (Lipinski definition) is 1. The first-order valence-corrected chi connectivity index (χ1v) is 6.77. The van der Waals surface area contributed by atoms with E-state index in [2.05, 4.69) is 4.74 Å². The van der Waals surface area contributed by atoms with Crippen LogP contribution in [0.1, 0.15) is 0 Å². The molecule has 0 aliphatic rings. The van der Waals surface area contributed by atoms with Gasteiger partial charge in [0, 0.05) is 0 Å². The van der Waals surface area contributed by atoms with E-state index in [1.165, 1.54) is 4.74 Å². The molecule has 0 fully saturated rings. The van der Waals surface area contributed by atoms with Crippen molar-refractivity contribution in [2.24, 2.45) is 0 Å². The Balaban J connectivity index is 5.79. The van der Waals surface area contributed by atoms with Crippen LogP contribution in [0, 0.1) is 0 Å². The lowest BCUT2D eigenvalue weighted by molar-refractivity contribution is -0.513. The minimum absolute atomic E-state index is 1.38. The first-order chi connectivity index (χ1) is 12.9. The minimum Gasteiger partial charge on any atom is -0.393 e. The summed E-state index contributed by atoms with van der Waals surface area (Å²) in [5.41, 5.74) is 0. The normalized spacial score (nSPS) is 16.7. The second kappa shape index (κ2) is 8.36. The van der Waals surface area contributed by atoms with E-state index < -0.39 is 68.1 Å². The van der Waals surface area contributed by atoms with Gasteiger partial charge in [-0.25, -0.2) is 9.13 Å². The predicted octanol–water partition coefficient (Wildman–Crippen LogP) is 4.64. The lowest BCUT2D eigenvalue weighted by Gasteiger charge is -2.37. The van der Waals surface area contributed by atoms with E-state index in [9.17, 15) is 70.2 Å². The van der Waals surface area contributed by atoms with Crippen LogP contribution >= 0.6 is 0 Å². The van der Waals surface area contributed by atoms with Crippen molar-refractivity contribution in [2.45, 2.75) is 48.3 Å². The second-order valence-corrected chi connectivity index (χ2v) is 5.36. The summed E-state index contributed by atoms with van der Waals surface area (Å²) < 4.78 is 208. The van der Waals surface area contributed by atoms with Gasteiger partial charge in [-0.3, -0.25) is 0 Å². The van der Waals surface area contributed by atoms with Crippen molar-refractivity contribution in [3.05, 3.63) is 0 Å². The Morgan fingerprint density at radius 2 is 1.03 bits per heavy atom. The monoisotopic (exact) mass is 492 g/mol. The molecule has 0 aromatic rings. The predicted molar refractivity (Wildman–Crippen MR) is 59.6 cm³/mol. The largest absolute Gasteiger partial charge is 0.460 e. The highest BCUT2D eigenvalue weighted by atomic mass is 19.4. The summed E-state index contributed by atoms with van der Waals surface area (Å²) in [6.07, 6.45) is -25.3. The summed E-state index contributed by atoms with van der Waals surface area (Å²) in [5.74, 6) is -29.4. The fourth-order valence-electron chi connectivity index (χ4n) is 1.32. The smallest absolute Gasteiger partial charge is 0.393 e. The number of rotatable bonds is 11. The zero-order valence-corrected chi connectivity index (χ0v) is 13.5. The molecule has 0 radical (unpaired) electrons. The molecule has 0 amide bonds. The summed E-state index contributed by atoms with van der Waals surface area (Å²) >= 11 is 0. The second-order valence-electron chi connectivity index (χ2n) is 5.36. The summed E-state index contributed by atoms with van der Waals surface area (Å²) in [6.45, 7) is -6.00. The third-order valence-electron chi connectivity index (χ3n) is 2.98. The SMILES string of the molecule is OC[C@H](F)COCC(F)(F)C(F)(F)C(F)(F)OC(F)(F)C(F)(F)C(F)(F)C(F)(F)F. The van der Waals surface area contributed by atoms with Gasteiger partial charge in [0.2, 0.25) is 0 Å². The van der Waals surface area contributed by atoms with E-state index >= 15 is 0 Å². The molecule has 1 N–H and O–H groups in total. The molecule has 0 spiro atoms. The average molecular weight is 492 g/mol. The Morgan fingerprint density at radius 1 is 0.633 bits per heavy atom. The molecule has 0 saturated carbocycles. The van der Waals surface area contributed by atoms with Crippen LogP contribution in [0.15, 0.2) is 0 Å². The number of aliphatic hydroxyl groups is 1. The van der Waals surface area contributed by atoms with Crippen LogP contribution in [-0.4, -0.2) is 73.2 Å². The molecule has 0 aliphatic heterocycles. The highest BCUT2D eigenvalue weighted by Crippen LogP contribution is 2.56. The molecular weight excluding hydrogens is 484 g/mol. The highest BCUT2D eigenvalue weighted by molar-refractivity contribution is 4.99. The number of alkyl halides is 16. The van der Waals surface area contributed by atoms with Gasteiger partial charge in [-0.1, -0.05) is 0 Å². The molecule has 30 heavy (non-hydrogen) atoms. The van der Waals surface area contributed by atoms with Crippen molar-refractivity contribution >= 4 is 0 Å². The molecular formula is C11H8F16O3. The van der Waals surface area contributed by atoms with Crippen LogP contribution in [0.2, 0.25) is 0 Å². The van der Waals surface area contributed by atoms with Crippen molar-refractivity contribution in [2.75, 3.05) is 19.8 Å². The van der Waals surface area contributed by atoms with Crippen LogP contribution in [0.5, 0.6) is 0 Å². The molecule has 0 aliphatic carbocycles. The lowest BCUT2D eigenvalue weighted by Crippen LogP contribution is -2.66. The van der Waals surface area contributed by atoms with Gasteiger partial charge in [0.1, 0.15) is 12.8 Å². The Hall–Kier alpha value is -1.24. The number of halogens is 16. The highest BCUT2D eigenvalue weighted by Gasteiger charge is 2.86. The molecule has 0 rings (SSSR count). The Morgan fingerprint density at radius 3 is 1.40 bits per heavy atom. The zero-order chi connectivity index (χ0) is 24.6. The molecule has 0 saturated heterocycles. The quantitative estimate of drug-likeness (QED) is 0.428. The van der Waals surface area contributed by atoms with Gasteiger partial charge in [0.25, 0.3) is 0 Å². The average Bonchev–Trinajstić information content (AvgIpc) is 2.51. The summed E-state index contributed by atoms with van der Waals surface area (Å²) in [5, 5.41) is 8.15. The molecule has 1 atom stereocenters.